The van der Waals surface area contributed by atoms with E-state index in [4.69, 9.17) is 5.26 Å². The van der Waals surface area contributed by atoms with Crippen LogP contribution >= 0.6 is 0 Å². The first-order valence-corrected chi connectivity index (χ1v) is 9.15. The van der Waals surface area contributed by atoms with Crippen molar-refractivity contribution in [2.24, 2.45) is 0 Å². The van der Waals surface area contributed by atoms with Gasteiger partial charge in [0.2, 0.25) is 10.0 Å². The fourth-order valence-electron chi connectivity index (χ4n) is 2.81. The Morgan fingerprint density at radius 2 is 1.79 bits per heavy atom. The first-order chi connectivity index (χ1) is 11.5. The lowest BCUT2D eigenvalue weighted by atomic mass is 10.1. The normalized spacial score (nSPS) is 15.3. The van der Waals surface area contributed by atoms with Crippen LogP contribution in [0.5, 0.6) is 0 Å². The fraction of sp³-hybridized carbons (Fsp3) is 0.294. The first kappa shape index (κ1) is 16.4. The zero-order valence-electron chi connectivity index (χ0n) is 13.1. The Morgan fingerprint density at radius 1 is 1.08 bits per heavy atom. The largest absolute Gasteiger partial charge is 0.310 e. The average Bonchev–Trinajstić information content (AvgIpc) is 3.12. The molecule has 124 valence electrons. The van der Waals surface area contributed by atoms with Crippen LogP contribution in [-0.2, 0) is 16.6 Å². The van der Waals surface area contributed by atoms with E-state index in [0.29, 0.717) is 24.2 Å². The Kier molecular flexibility index (Phi) is 4.51. The van der Waals surface area contributed by atoms with Gasteiger partial charge in [-0.15, -0.1) is 0 Å². The monoisotopic (exact) mass is 343 g/mol. The Hall–Kier alpha value is -2.43. The molecular weight excluding hydrogens is 326 g/mol. The maximum absolute atomic E-state index is 12.6. The molecule has 0 atom stereocenters. The Bertz CT molecular complexity index is 952. The highest BCUT2D eigenvalue weighted by atomic mass is 32.2. The molecule has 1 aliphatic heterocycles. The topological polar surface area (TPSA) is 83.2 Å². The van der Waals surface area contributed by atoms with E-state index in [1.54, 1.807) is 24.3 Å². The van der Waals surface area contributed by atoms with Crippen molar-refractivity contribution in [2.45, 2.75) is 24.3 Å². The quantitative estimate of drug-likeness (QED) is 0.843. The summed E-state index contributed by atoms with van der Waals surface area (Å²) in [5, 5.41) is 9.15. The summed E-state index contributed by atoms with van der Waals surface area (Å²) in [6, 6.07) is 11.7. The van der Waals surface area contributed by atoms with Crippen molar-refractivity contribution in [1.29, 1.82) is 5.26 Å². The molecule has 1 aliphatic rings. The molecule has 1 saturated heterocycles. The van der Waals surface area contributed by atoms with E-state index in [1.165, 1.54) is 27.2 Å². The second kappa shape index (κ2) is 6.59. The molecule has 6 nitrogen and oxygen atoms in total. The number of aromatic nitrogens is 1. The van der Waals surface area contributed by atoms with Gasteiger partial charge in [-0.2, -0.15) is 9.57 Å². The zero-order chi connectivity index (χ0) is 17.2. The summed E-state index contributed by atoms with van der Waals surface area (Å²) in [6.45, 7) is 1.18. The second-order valence-electron chi connectivity index (χ2n) is 5.71. The van der Waals surface area contributed by atoms with Crippen molar-refractivity contribution in [2.75, 3.05) is 13.1 Å². The van der Waals surface area contributed by atoms with Gasteiger partial charge in [0.05, 0.1) is 23.1 Å². The number of hydrogen-bond acceptors (Lipinski definition) is 4. The van der Waals surface area contributed by atoms with Gasteiger partial charge in [0.25, 0.3) is 5.56 Å². The molecule has 3 rings (SSSR count). The van der Waals surface area contributed by atoms with E-state index >= 15 is 0 Å². The minimum Gasteiger partial charge on any atom is -0.310 e. The lowest BCUT2D eigenvalue weighted by Gasteiger charge is -2.16. The van der Waals surface area contributed by atoms with E-state index < -0.39 is 10.0 Å². The fourth-order valence-corrected chi connectivity index (χ4v) is 4.35. The van der Waals surface area contributed by atoms with E-state index in [0.717, 1.165) is 12.8 Å². The van der Waals surface area contributed by atoms with Gasteiger partial charge in [0, 0.05) is 25.4 Å². The van der Waals surface area contributed by atoms with E-state index in [1.807, 2.05) is 0 Å². The number of benzene rings is 1. The first-order valence-electron chi connectivity index (χ1n) is 7.71. The molecule has 2 heterocycles. The summed E-state index contributed by atoms with van der Waals surface area (Å²) in [4.78, 5) is 12.2. The van der Waals surface area contributed by atoms with Crippen LogP contribution in [0.3, 0.4) is 0 Å². The van der Waals surface area contributed by atoms with Crippen molar-refractivity contribution < 1.29 is 8.42 Å². The Balaban J connectivity index is 1.98. The average molecular weight is 343 g/mol. The van der Waals surface area contributed by atoms with Crippen LogP contribution in [0.4, 0.5) is 0 Å². The minimum atomic E-state index is -3.58. The van der Waals surface area contributed by atoms with Gasteiger partial charge in [-0.3, -0.25) is 4.79 Å². The van der Waals surface area contributed by atoms with Gasteiger partial charge < -0.3 is 4.57 Å². The standard InChI is InChI=1S/C17H17N3O3S/c18-11-14-5-1-2-6-15(14)12-19-13-16(7-8-17(19)21)24(22,23)20-9-3-4-10-20/h1-2,5-8,13H,3-4,9-10,12H2. The number of hydrogen-bond donors (Lipinski definition) is 0. The van der Waals surface area contributed by atoms with Gasteiger partial charge in [0.15, 0.2) is 0 Å². The molecule has 0 N–H and O–H groups in total. The molecule has 0 bridgehead atoms. The summed E-state index contributed by atoms with van der Waals surface area (Å²) < 4.78 is 28.0. The molecule has 2 aromatic rings. The molecule has 1 aromatic heterocycles. The van der Waals surface area contributed by atoms with Crippen LogP contribution in [0, 0.1) is 11.3 Å². The van der Waals surface area contributed by atoms with Crippen molar-refractivity contribution in [3.05, 3.63) is 64.1 Å². The van der Waals surface area contributed by atoms with Crippen LogP contribution in [-0.4, -0.2) is 30.4 Å². The molecule has 0 aliphatic carbocycles. The van der Waals surface area contributed by atoms with E-state index in [2.05, 4.69) is 6.07 Å². The van der Waals surface area contributed by atoms with E-state index in [9.17, 15) is 13.2 Å². The third kappa shape index (κ3) is 3.11. The molecule has 7 heteroatoms. The van der Waals surface area contributed by atoms with Crippen molar-refractivity contribution in [1.82, 2.24) is 8.87 Å². The Morgan fingerprint density at radius 3 is 2.50 bits per heavy atom. The molecule has 24 heavy (non-hydrogen) atoms. The van der Waals surface area contributed by atoms with Crippen molar-refractivity contribution >= 4 is 10.0 Å². The lowest BCUT2D eigenvalue weighted by molar-refractivity contribution is 0.476. The number of pyridine rings is 1. The highest BCUT2D eigenvalue weighted by molar-refractivity contribution is 7.89. The molecule has 1 fully saturated rings. The number of nitrogens with zero attached hydrogens (tertiary/aromatic N) is 3. The molecule has 0 saturated carbocycles. The van der Waals surface area contributed by atoms with Gasteiger partial charge in [-0.1, -0.05) is 18.2 Å². The third-order valence-electron chi connectivity index (χ3n) is 4.14. The highest BCUT2D eigenvalue weighted by Crippen LogP contribution is 2.20. The van der Waals surface area contributed by atoms with Crippen molar-refractivity contribution in [3.8, 4) is 6.07 Å². The molecule has 0 unspecified atom stereocenters. The predicted octanol–water partition coefficient (Wildman–Crippen LogP) is 1.55. The maximum atomic E-state index is 12.6. The second-order valence-corrected chi connectivity index (χ2v) is 7.65. The van der Waals surface area contributed by atoms with Crippen LogP contribution in [0.2, 0.25) is 0 Å². The number of sulfonamides is 1. The summed E-state index contributed by atoms with van der Waals surface area (Å²) in [7, 11) is -3.58. The predicted molar refractivity (Wildman–Crippen MR) is 89.0 cm³/mol. The van der Waals surface area contributed by atoms with Crippen LogP contribution in [0.1, 0.15) is 24.0 Å². The number of rotatable bonds is 4. The third-order valence-corrected chi connectivity index (χ3v) is 6.02. The van der Waals surface area contributed by atoms with Gasteiger partial charge in [-0.05, 0) is 30.5 Å². The molecule has 0 amide bonds. The summed E-state index contributed by atoms with van der Waals surface area (Å²) in [6.07, 6.45) is 3.08. The maximum Gasteiger partial charge on any atom is 0.250 e. The molecular formula is C17H17N3O3S. The smallest absolute Gasteiger partial charge is 0.250 e. The van der Waals surface area contributed by atoms with Gasteiger partial charge >= 0.3 is 0 Å². The summed E-state index contributed by atoms with van der Waals surface area (Å²) >= 11 is 0. The summed E-state index contributed by atoms with van der Waals surface area (Å²) in [5.74, 6) is 0. The molecule has 0 spiro atoms. The minimum absolute atomic E-state index is 0.110. The van der Waals surface area contributed by atoms with Crippen LogP contribution in [0.15, 0.2) is 52.3 Å². The Labute approximate surface area is 140 Å². The zero-order valence-corrected chi connectivity index (χ0v) is 13.9. The van der Waals surface area contributed by atoms with Crippen LogP contribution in [0.25, 0.3) is 0 Å². The van der Waals surface area contributed by atoms with Crippen LogP contribution < -0.4 is 5.56 Å². The number of nitriles is 1. The van der Waals surface area contributed by atoms with E-state index in [-0.39, 0.29) is 17.0 Å². The van der Waals surface area contributed by atoms with Crippen molar-refractivity contribution in [3.63, 3.8) is 0 Å². The lowest BCUT2D eigenvalue weighted by Crippen LogP contribution is -2.29. The SMILES string of the molecule is N#Cc1ccccc1Cn1cc(S(=O)(=O)N2CCCC2)ccc1=O. The molecule has 0 radical (unpaired) electrons. The molecule has 1 aromatic carbocycles. The van der Waals surface area contributed by atoms with Gasteiger partial charge in [-0.25, -0.2) is 8.42 Å². The van der Waals surface area contributed by atoms with Gasteiger partial charge in [0.1, 0.15) is 0 Å². The highest BCUT2D eigenvalue weighted by Gasteiger charge is 2.27. The summed E-state index contributed by atoms with van der Waals surface area (Å²) in [5.41, 5.74) is 0.845.